The van der Waals surface area contributed by atoms with Gasteiger partial charge in [0, 0.05) is 13.6 Å². The molecule has 0 aliphatic carbocycles. The van der Waals surface area contributed by atoms with Gasteiger partial charge in [0.25, 0.3) is 5.78 Å². The molecular formula is C31H51N7O7S. The number of hydrogen-bond acceptors (Lipinski definition) is 12. The lowest BCUT2D eigenvalue weighted by Gasteiger charge is -2.44. The Balaban J connectivity index is 0.00000105. The highest BCUT2D eigenvalue weighted by molar-refractivity contribution is 8.01. The number of carbonyl (C=O) groups is 6. The smallest absolute Gasteiger partial charge is 0.377 e. The van der Waals surface area contributed by atoms with Crippen LogP contribution in [0.2, 0.25) is 0 Å². The predicted molar refractivity (Wildman–Crippen MR) is 180 cm³/mol. The molecule has 4 unspecified atom stereocenters. The summed E-state index contributed by atoms with van der Waals surface area (Å²) in [5.74, 6) is -2.48. The van der Waals surface area contributed by atoms with E-state index in [1.54, 1.807) is 7.05 Å². The second-order valence-corrected chi connectivity index (χ2v) is 11.9. The molecule has 3 saturated heterocycles. The fourth-order valence-corrected chi connectivity index (χ4v) is 6.62. The summed E-state index contributed by atoms with van der Waals surface area (Å²) in [6.07, 6.45) is 6.24. The number of esters is 1. The quantitative estimate of drug-likeness (QED) is 0.119. The zero-order chi connectivity index (χ0) is 35.3. The van der Waals surface area contributed by atoms with E-state index >= 15 is 0 Å². The van der Waals surface area contributed by atoms with E-state index in [1.807, 2.05) is 38.6 Å². The van der Waals surface area contributed by atoms with Crippen LogP contribution in [-0.4, -0.2) is 129 Å². The summed E-state index contributed by atoms with van der Waals surface area (Å²) in [5, 5.41) is 1.63. The summed E-state index contributed by atoms with van der Waals surface area (Å²) < 4.78 is 4.59. The fraction of sp³-hybridized carbons (Fsp3) is 0.581. The minimum atomic E-state index is -1.08. The number of aryl methyl sites for hydroxylation is 1. The van der Waals surface area contributed by atoms with Gasteiger partial charge in [-0.15, -0.1) is 11.8 Å². The van der Waals surface area contributed by atoms with E-state index < -0.39 is 34.7 Å². The number of aliphatic imine (C=N–C) groups is 1. The molecule has 4 rings (SSSR count). The lowest BCUT2D eigenvalue weighted by molar-refractivity contribution is -0.153. The SMILES string of the molecule is C=O.C=O.CCc1ccccc1.CN=CN.COC(=O)C(=O)C(NC(=O)C1CCC2(N)CN(C)CC(=O)N12)SC1CCCCN1C. The highest BCUT2D eigenvalue weighted by Gasteiger charge is 2.52. The number of piperidine rings is 1. The Kier molecular flexibility index (Phi) is 21.0. The standard InChI is InChI=1S/C19H31N5O5S.C8H10.C2H6N2.2CH2O/c1-22-10-13(25)24-12(7-8-19(24,20)11-22)16(27)21-17(15(26)18(28)29-3)30-14-6-4-5-9-23(14)2;1-2-8-6-4-3-5-7-8;1-4-2-3;2*1-2/h12,14,17H,4-11,20H2,1-3H3,(H,21,27);3-7H,2H2,1H3;2H,1H3,(H2,3,4);2*1H2. The number of hydrogen-bond donors (Lipinski definition) is 3. The van der Waals surface area contributed by atoms with Crippen molar-refractivity contribution in [3.63, 3.8) is 0 Å². The van der Waals surface area contributed by atoms with Gasteiger partial charge < -0.3 is 36.0 Å². The van der Waals surface area contributed by atoms with Crippen molar-refractivity contribution in [2.24, 2.45) is 16.5 Å². The lowest BCUT2D eigenvalue weighted by atomic mass is 10.1. The molecule has 1 aromatic carbocycles. The molecule has 14 nitrogen and oxygen atoms in total. The highest BCUT2D eigenvalue weighted by Crippen LogP contribution is 2.34. The van der Waals surface area contributed by atoms with Crippen LogP contribution >= 0.6 is 11.8 Å². The van der Waals surface area contributed by atoms with Gasteiger partial charge in [-0.2, -0.15) is 0 Å². The van der Waals surface area contributed by atoms with Crippen LogP contribution in [-0.2, 0) is 39.9 Å². The third-order valence-electron chi connectivity index (χ3n) is 7.46. The summed E-state index contributed by atoms with van der Waals surface area (Å²) in [6.45, 7) is 7.72. The van der Waals surface area contributed by atoms with Gasteiger partial charge in [-0.25, -0.2) is 4.79 Å². The van der Waals surface area contributed by atoms with Crippen molar-refractivity contribution in [3.05, 3.63) is 35.9 Å². The number of likely N-dealkylation sites (N-methyl/N-ethyl adjacent to an activating group) is 1. The third-order valence-corrected chi connectivity index (χ3v) is 8.97. The maximum atomic E-state index is 13.1. The number of likely N-dealkylation sites (tertiary alicyclic amines) is 1. The third kappa shape index (κ3) is 13.0. The number of Topliss-reactive ketones (excluding diaryl/α,β-unsaturated/α-hetero) is 1. The van der Waals surface area contributed by atoms with Gasteiger partial charge in [0.15, 0.2) is 0 Å². The van der Waals surface area contributed by atoms with Crippen LogP contribution < -0.4 is 16.8 Å². The maximum Gasteiger partial charge on any atom is 0.377 e. The van der Waals surface area contributed by atoms with Crippen molar-refractivity contribution >= 4 is 55.2 Å². The molecule has 46 heavy (non-hydrogen) atoms. The molecule has 3 aliphatic heterocycles. The number of thioether (sulfide) groups is 1. The van der Waals surface area contributed by atoms with E-state index in [0.717, 1.165) is 39.3 Å². The molecule has 5 N–H and O–H groups in total. The van der Waals surface area contributed by atoms with E-state index in [0.29, 0.717) is 19.4 Å². The first-order chi connectivity index (χ1) is 22.0. The van der Waals surface area contributed by atoms with E-state index in [2.05, 4.69) is 51.1 Å². The monoisotopic (exact) mass is 665 g/mol. The number of rotatable bonds is 7. The van der Waals surface area contributed by atoms with Crippen molar-refractivity contribution < 1.29 is 33.5 Å². The lowest BCUT2D eigenvalue weighted by Crippen LogP contribution is -2.69. The Hall–Kier alpha value is -3.66. The number of fused-ring (bicyclic) bond motifs is 1. The van der Waals surface area contributed by atoms with Gasteiger partial charge in [-0.3, -0.25) is 29.2 Å². The molecule has 0 aromatic heterocycles. The van der Waals surface area contributed by atoms with E-state index in [-0.39, 0.29) is 17.8 Å². The average molecular weight is 666 g/mol. The van der Waals surface area contributed by atoms with E-state index in [4.69, 9.17) is 21.1 Å². The molecule has 0 saturated carbocycles. The van der Waals surface area contributed by atoms with Gasteiger partial charge in [-0.05, 0) is 64.7 Å². The van der Waals surface area contributed by atoms with Crippen molar-refractivity contribution in [2.45, 2.75) is 67.9 Å². The van der Waals surface area contributed by atoms with Gasteiger partial charge in [0.05, 0.1) is 25.4 Å². The van der Waals surface area contributed by atoms with Crippen LogP contribution in [0, 0.1) is 0 Å². The molecule has 4 atom stereocenters. The predicted octanol–water partition coefficient (Wildman–Crippen LogP) is 0.420. The maximum absolute atomic E-state index is 13.1. The number of nitrogens with zero attached hydrogens (tertiary/aromatic N) is 4. The fourth-order valence-electron chi connectivity index (χ4n) is 5.28. The van der Waals surface area contributed by atoms with Gasteiger partial charge in [-0.1, -0.05) is 37.3 Å². The average Bonchev–Trinajstić information content (AvgIpc) is 3.44. The molecule has 3 aliphatic rings. The largest absolute Gasteiger partial charge is 0.463 e. The van der Waals surface area contributed by atoms with Gasteiger partial charge in [0.1, 0.15) is 30.7 Å². The van der Waals surface area contributed by atoms with Crippen LogP contribution in [0.25, 0.3) is 0 Å². The zero-order valence-corrected chi connectivity index (χ0v) is 28.5. The molecule has 15 heteroatoms. The molecule has 2 amide bonds. The number of methoxy groups -OCH3 is 1. The second kappa shape index (κ2) is 22.8. The van der Waals surface area contributed by atoms with Crippen LogP contribution in [0.15, 0.2) is 35.3 Å². The van der Waals surface area contributed by atoms with Gasteiger partial charge in [0.2, 0.25) is 11.8 Å². The summed E-state index contributed by atoms with van der Waals surface area (Å²) in [5.41, 5.74) is 11.7. The Labute approximate surface area is 276 Å². The van der Waals surface area contributed by atoms with Crippen LogP contribution in [0.4, 0.5) is 0 Å². The molecule has 3 heterocycles. The number of amides is 2. The normalized spacial score (nSPS) is 22.9. The first-order valence-electron chi connectivity index (χ1n) is 14.8. The Bertz CT molecular complexity index is 1110. The molecule has 0 radical (unpaired) electrons. The minimum absolute atomic E-state index is 0.0000940. The first kappa shape index (κ1) is 42.3. The molecule has 258 valence electrons. The topological polar surface area (TPSA) is 198 Å². The summed E-state index contributed by atoms with van der Waals surface area (Å²) in [7, 11) is 6.54. The number of piperazine rings is 1. The number of ketones is 1. The summed E-state index contributed by atoms with van der Waals surface area (Å²) in [6, 6.07) is 9.70. The summed E-state index contributed by atoms with van der Waals surface area (Å²) in [4.78, 5) is 75.1. The number of carbonyl (C=O) groups excluding carboxylic acids is 6. The van der Waals surface area contributed by atoms with Crippen LogP contribution in [0.5, 0.6) is 0 Å². The first-order valence-corrected chi connectivity index (χ1v) is 15.8. The van der Waals surface area contributed by atoms with E-state index in [1.165, 1.54) is 28.6 Å². The Morgan fingerprint density at radius 1 is 1.15 bits per heavy atom. The zero-order valence-electron chi connectivity index (χ0n) is 27.7. The summed E-state index contributed by atoms with van der Waals surface area (Å²) >= 11 is 1.24. The molecule has 0 bridgehead atoms. The Morgan fingerprint density at radius 2 is 1.76 bits per heavy atom. The second-order valence-electron chi connectivity index (χ2n) is 10.7. The van der Waals surface area contributed by atoms with Gasteiger partial charge >= 0.3 is 5.97 Å². The van der Waals surface area contributed by atoms with E-state index in [9.17, 15) is 19.2 Å². The highest BCUT2D eigenvalue weighted by atomic mass is 32.2. The van der Waals surface area contributed by atoms with Crippen LogP contribution in [0.1, 0.15) is 44.6 Å². The molecule has 3 fully saturated rings. The minimum Gasteiger partial charge on any atom is -0.463 e. The van der Waals surface area contributed by atoms with Crippen molar-refractivity contribution in [1.82, 2.24) is 20.0 Å². The van der Waals surface area contributed by atoms with Crippen molar-refractivity contribution in [2.75, 3.05) is 47.9 Å². The number of nitrogens with one attached hydrogen (secondary N) is 1. The molecule has 0 spiro atoms. The van der Waals surface area contributed by atoms with Crippen molar-refractivity contribution in [1.29, 1.82) is 0 Å². The molecule has 1 aromatic rings. The van der Waals surface area contributed by atoms with Crippen LogP contribution in [0.3, 0.4) is 0 Å². The van der Waals surface area contributed by atoms with Crippen molar-refractivity contribution in [3.8, 4) is 0 Å². The molecular weight excluding hydrogens is 614 g/mol. The number of benzene rings is 1. The number of ether oxygens (including phenoxy) is 1. The number of nitrogens with two attached hydrogens (primary N) is 2. The Morgan fingerprint density at radius 3 is 2.26 bits per heavy atom.